The Morgan fingerprint density at radius 3 is 3.00 bits per heavy atom. The van der Waals surface area contributed by atoms with Crippen LogP contribution >= 0.6 is 0 Å². The van der Waals surface area contributed by atoms with Gasteiger partial charge in [-0.05, 0) is 24.6 Å². The summed E-state index contributed by atoms with van der Waals surface area (Å²) in [5.41, 5.74) is 9.22. The first-order chi connectivity index (χ1) is 11.5. The fourth-order valence-corrected chi connectivity index (χ4v) is 2.24. The number of hydrogen-bond donors (Lipinski definition) is 3. The molecule has 1 amide bonds. The predicted molar refractivity (Wildman–Crippen MR) is 90.4 cm³/mol. The number of nitrogens with two attached hydrogens (primary N) is 1. The highest BCUT2D eigenvalue weighted by molar-refractivity contribution is 5.81. The molecule has 24 heavy (non-hydrogen) atoms. The van der Waals surface area contributed by atoms with Crippen LogP contribution < -0.4 is 15.8 Å². The van der Waals surface area contributed by atoms with Crippen molar-refractivity contribution < 1.29 is 9.53 Å². The zero-order valence-electron chi connectivity index (χ0n) is 13.5. The van der Waals surface area contributed by atoms with Crippen molar-refractivity contribution in [1.29, 1.82) is 0 Å². The topological polar surface area (TPSA) is 119 Å². The molecule has 2 heterocycles. The van der Waals surface area contributed by atoms with E-state index in [1.807, 2.05) is 25.1 Å². The molecular formula is C16H18N6O2. The Morgan fingerprint density at radius 2 is 2.21 bits per heavy atom. The van der Waals surface area contributed by atoms with Crippen LogP contribution in [0.3, 0.4) is 0 Å². The van der Waals surface area contributed by atoms with Gasteiger partial charge in [0.05, 0.1) is 23.8 Å². The number of nitrogen functional groups attached to an aromatic ring is 1. The Labute approximate surface area is 138 Å². The summed E-state index contributed by atoms with van der Waals surface area (Å²) in [6, 6.07) is 5.93. The van der Waals surface area contributed by atoms with E-state index in [9.17, 15) is 4.79 Å². The Hall–Kier alpha value is -3.16. The van der Waals surface area contributed by atoms with E-state index in [4.69, 9.17) is 10.5 Å². The summed E-state index contributed by atoms with van der Waals surface area (Å²) >= 11 is 0. The van der Waals surface area contributed by atoms with Gasteiger partial charge < -0.3 is 20.8 Å². The normalized spacial score (nSPS) is 10.8. The van der Waals surface area contributed by atoms with Crippen molar-refractivity contribution in [2.45, 2.75) is 13.8 Å². The monoisotopic (exact) mass is 326 g/mol. The van der Waals surface area contributed by atoms with E-state index in [0.717, 1.165) is 16.6 Å². The second-order valence-electron chi connectivity index (χ2n) is 5.38. The predicted octanol–water partition coefficient (Wildman–Crippen LogP) is 1.43. The molecule has 0 unspecified atom stereocenters. The van der Waals surface area contributed by atoms with Crippen LogP contribution in [0.25, 0.3) is 22.6 Å². The van der Waals surface area contributed by atoms with Gasteiger partial charge in [0, 0.05) is 6.92 Å². The summed E-state index contributed by atoms with van der Waals surface area (Å²) in [6.45, 7) is 4.14. The molecule has 0 fully saturated rings. The third kappa shape index (κ3) is 3.43. The van der Waals surface area contributed by atoms with Gasteiger partial charge in [-0.15, -0.1) is 0 Å². The Kier molecular flexibility index (Phi) is 4.28. The average molecular weight is 326 g/mol. The van der Waals surface area contributed by atoms with Gasteiger partial charge in [0.25, 0.3) is 0 Å². The lowest BCUT2D eigenvalue weighted by atomic mass is 10.2. The smallest absolute Gasteiger partial charge is 0.233 e. The number of benzene rings is 1. The molecule has 0 aliphatic carbocycles. The SMILES string of the molecule is CC(=O)NCCOc1cnc(N)c(-c2nc3ccc(C)cc3[nH]2)n1. The summed E-state index contributed by atoms with van der Waals surface area (Å²) < 4.78 is 5.48. The van der Waals surface area contributed by atoms with Crippen molar-refractivity contribution in [3.8, 4) is 17.4 Å². The summed E-state index contributed by atoms with van der Waals surface area (Å²) in [5, 5.41) is 2.64. The van der Waals surface area contributed by atoms with Gasteiger partial charge in [0.15, 0.2) is 17.3 Å². The third-order valence-corrected chi connectivity index (χ3v) is 3.37. The number of aromatic amines is 1. The first kappa shape index (κ1) is 15.7. The molecule has 0 radical (unpaired) electrons. The van der Waals surface area contributed by atoms with Crippen LogP contribution in [-0.2, 0) is 4.79 Å². The number of carbonyl (C=O) groups excluding carboxylic acids is 1. The minimum Gasteiger partial charge on any atom is -0.475 e. The Balaban J connectivity index is 1.83. The fraction of sp³-hybridized carbons (Fsp3) is 0.250. The molecule has 8 heteroatoms. The maximum Gasteiger partial charge on any atom is 0.233 e. The highest BCUT2D eigenvalue weighted by Crippen LogP contribution is 2.24. The number of aryl methyl sites for hydroxylation is 1. The molecule has 1 aromatic carbocycles. The van der Waals surface area contributed by atoms with Crippen LogP contribution in [0.15, 0.2) is 24.4 Å². The second-order valence-corrected chi connectivity index (χ2v) is 5.38. The van der Waals surface area contributed by atoms with E-state index >= 15 is 0 Å². The zero-order valence-corrected chi connectivity index (χ0v) is 13.5. The number of imidazole rings is 1. The Morgan fingerprint density at radius 1 is 1.38 bits per heavy atom. The van der Waals surface area contributed by atoms with Crippen molar-refractivity contribution in [1.82, 2.24) is 25.3 Å². The number of aromatic nitrogens is 4. The standard InChI is InChI=1S/C16H18N6O2/c1-9-3-4-11-12(7-9)21-16(20-11)14-15(17)19-8-13(22-14)24-6-5-18-10(2)23/h3-4,7-8H,5-6H2,1-2H3,(H2,17,19)(H,18,23)(H,20,21). The molecule has 2 aromatic heterocycles. The number of ether oxygens (including phenoxy) is 1. The number of anilines is 1. The van der Waals surface area contributed by atoms with E-state index < -0.39 is 0 Å². The highest BCUT2D eigenvalue weighted by Gasteiger charge is 2.13. The minimum atomic E-state index is -0.111. The first-order valence-electron chi connectivity index (χ1n) is 7.49. The molecule has 124 valence electrons. The minimum absolute atomic E-state index is 0.111. The summed E-state index contributed by atoms with van der Waals surface area (Å²) in [4.78, 5) is 27.0. The largest absolute Gasteiger partial charge is 0.475 e. The van der Waals surface area contributed by atoms with Gasteiger partial charge in [-0.3, -0.25) is 4.79 Å². The number of rotatable bonds is 5. The maximum atomic E-state index is 10.8. The van der Waals surface area contributed by atoms with Crippen molar-refractivity contribution in [3.63, 3.8) is 0 Å². The number of fused-ring (bicyclic) bond motifs is 1. The molecular weight excluding hydrogens is 308 g/mol. The lowest BCUT2D eigenvalue weighted by Crippen LogP contribution is -2.25. The molecule has 0 spiro atoms. The first-order valence-corrected chi connectivity index (χ1v) is 7.49. The number of nitrogens with zero attached hydrogens (tertiary/aromatic N) is 3. The molecule has 3 aromatic rings. The second kappa shape index (κ2) is 6.53. The van der Waals surface area contributed by atoms with E-state index in [2.05, 4.69) is 25.3 Å². The molecule has 0 aliphatic rings. The van der Waals surface area contributed by atoms with Gasteiger partial charge in [-0.1, -0.05) is 6.07 Å². The van der Waals surface area contributed by atoms with Gasteiger partial charge >= 0.3 is 0 Å². The highest BCUT2D eigenvalue weighted by atomic mass is 16.5. The molecule has 0 saturated carbocycles. The van der Waals surface area contributed by atoms with Crippen molar-refractivity contribution in [3.05, 3.63) is 30.0 Å². The number of nitrogens with one attached hydrogen (secondary N) is 2. The van der Waals surface area contributed by atoms with Crippen LogP contribution in [0.1, 0.15) is 12.5 Å². The summed E-state index contributed by atoms with van der Waals surface area (Å²) in [7, 11) is 0. The van der Waals surface area contributed by atoms with Crippen LogP contribution in [0.4, 0.5) is 5.82 Å². The van der Waals surface area contributed by atoms with Gasteiger partial charge in [-0.25, -0.2) is 15.0 Å². The number of hydrogen-bond acceptors (Lipinski definition) is 6. The molecule has 0 saturated heterocycles. The Bertz CT molecular complexity index is 889. The molecule has 3 rings (SSSR count). The lowest BCUT2D eigenvalue weighted by molar-refractivity contribution is -0.119. The number of amides is 1. The van der Waals surface area contributed by atoms with Crippen molar-refractivity contribution >= 4 is 22.8 Å². The molecule has 0 aliphatic heterocycles. The van der Waals surface area contributed by atoms with Crippen LogP contribution in [0.5, 0.6) is 5.88 Å². The maximum absolute atomic E-state index is 10.8. The summed E-state index contributed by atoms with van der Waals surface area (Å²) in [6.07, 6.45) is 1.44. The van der Waals surface area contributed by atoms with E-state index in [1.54, 1.807) is 0 Å². The molecule has 0 bridgehead atoms. The third-order valence-electron chi connectivity index (χ3n) is 3.37. The number of H-pyrrole nitrogens is 1. The van der Waals surface area contributed by atoms with Crippen LogP contribution in [0, 0.1) is 6.92 Å². The quantitative estimate of drug-likeness (QED) is 0.610. The average Bonchev–Trinajstić information content (AvgIpc) is 2.95. The van der Waals surface area contributed by atoms with Gasteiger partial charge in [0.1, 0.15) is 6.61 Å². The van der Waals surface area contributed by atoms with Gasteiger partial charge in [-0.2, -0.15) is 0 Å². The number of carbonyl (C=O) groups is 1. The molecule has 4 N–H and O–H groups in total. The summed E-state index contributed by atoms with van der Waals surface area (Å²) in [5.74, 6) is 1.01. The van der Waals surface area contributed by atoms with Crippen LogP contribution in [-0.4, -0.2) is 39.0 Å². The van der Waals surface area contributed by atoms with Crippen LogP contribution in [0.2, 0.25) is 0 Å². The van der Waals surface area contributed by atoms with Gasteiger partial charge in [0.2, 0.25) is 11.8 Å². The van der Waals surface area contributed by atoms with E-state index in [-0.39, 0.29) is 18.3 Å². The fourth-order valence-electron chi connectivity index (χ4n) is 2.24. The molecule has 0 atom stereocenters. The van der Waals surface area contributed by atoms with Crippen molar-refractivity contribution in [2.75, 3.05) is 18.9 Å². The van der Waals surface area contributed by atoms with E-state index in [1.165, 1.54) is 13.1 Å². The molecule has 8 nitrogen and oxygen atoms in total. The van der Waals surface area contributed by atoms with E-state index in [0.29, 0.717) is 23.9 Å². The van der Waals surface area contributed by atoms with Crippen molar-refractivity contribution in [2.24, 2.45) is 0 Å². The zero-order chi connectivity index (χ0) is 17.1. The lowest BCUT2D eigenvalue weighted by Gasteiger charge is -2.07.